The molecule has 0 saturated heterocycles. The van der Waals surface area contributed by atoms with Crippen LogP contribution >= 0.6 is 22.9 Å². The summed E-state index contributed by atoms with van der Waals surface area (Å²) in [5.74, 6) is 2.06. The van der Waals surface area contributed by atoms with E-state index in [2.05, 4.69) is 23.2 Å². The summed E-state index contributed by atoms with van der Waals surface area (Å²) in [4.78, 5) is 5.32. The second kappa shape index (κ2) is 4.51. The Morgan fingerprint density at radius 3 is 3.00 bits per heavy atom. The second-order valence-corrected chi connectivity index (χ2v) is 5.17. The predicted octanol–water partition coefficient (Wildman–Crippen LogP) is 4.34. The third kappa shape index (κ3) is 2.08. The normalized spacial score (nSPS) is 11.1. The van der Waals surface area contributed by atoms with Crippen molar-refractivity contribution in [3.63, 3.8) is 0 Å². The van der Waals surface area contributed by atoms with Gasteiger partial charge in [0.05, 0.1) is 11.1 Å². The number of aromatic nitrogens is 1. The standard InChI is InChI=1S/C13H10ClNOS/c14-6-5-13-15-8-10(16-13)12-7-9-3-1-2-4-11(9)17-12/h1-4,7-8H,5-6H2. The summed E-state index contributed by atoms with van der Waals surface area (Å²) in [5.41, 5.74) is 0. The van der Waals surface area contributed by atoms with Crippen molar-refractivity contribution in [2.24, 2.45) is 0 Å². The van der Waals surface area contributed by atoms with Gasteiger partial charge in [0, 0.05) is 17.0 Å². The van der Waals surface area contributed by atoms with Crippen molar-refractivity contribution in [2.45, 2.75) is 6.42 Å². The summed E-state index contributed by atoms with van der Waals surface area (Å²) in [6.07, 6.45) is 2.44. The summed E-state index contributed by atoms with van der Waals surface area (Å²) >= 11 is 7.37. The summed E-state index contributed by atoms with van der Waals surface area (Å²) in [7, 11) is 0. The van der Waals surface area contributed by atoms with Crippen molar-refractivity contribution in [1.82, 2.24) is 4.98 Å². The van der Waals surface area contributed by atoms with Crippen molar-refractivity contribution >= 4 is 33.0 Å². The van der Waals surface area contributed by atoms with E-state index in [-0.39, 0.29) is 0 Å². The molecule has 0 saturated carbocycles. The Balaban J connectivity index is 2.01. The lowest BCUT2D eigenvalue weighted by Crippen LogP contribution is -1.83. The van der Waals surface area contributed by atoms with Crippen LogP contribution in [0.25, 0.3) is 20.7 Å². The molecule has 0 aliphatic heterocycles. The molecule has 0 atom stereocenters. The van der Waals surface area contributed by atoms with Gasteiger partial charge in [-0.25, -0.2) is 4.98 Å². The fraction of sp³-hybridized carbons (Fsp3) is 0.154. The molecule has 0 unspecified atom stereocenters. The van der Waals surface area contributed by atoms with Crippen molar-refractivity contribution < 1.29 is 4.42 Å². The zero-order chi connectivity index (χ0) is 11.7. The van der Waals surface area contributed by atoms with Crippen LogP contribution in [0.4, 0.5) is 0 Å². The molecule has 0 aliphatic carbocycles. The second-order valence-electron chi connectivity index (χ2n) is 3.71. The van der Waals surface area contributed by atoms with E-state index in [4.69, 9.17) is 16.0 Å². The first kappa shape index (κ1) is 10.8. The summed E-state index contributed by atoms with van der Waals surface area (Å²) in [6, 6.07) is 10.4. The first-order valence-corrected chi connectivity index (χ1v) is 6.71. The van der Waals surface area contributed by atoms with Crippen LogP contribution < -0.4 is 0 Å². The number of rotatable bonds is 3. The number of nitrogens with zero attached hydrogens (tertiary/aromatic N) is 1. The maximum atomic E-state index is 5.66. The zero-order valence-electron chi connectivity index (χ0n) is 9.02. The van der Waals surface area contributed by atoms with E-state index < -0.39 is 0 Å². The van der Waals surface area contributed by atoms with Crippen LogP contribution in [0.1, 0.15) is 5.89 Å². The van der Waals surface area contributed by atoms with Gasteiger partial charge in [-0.15, -0.1) is 22.9 Å². The maximum Gasteiger partial charge on any atom is 0.196 e. The monoisotopic (exact) mass is 263 g/mol. The Labute approximate surface area is 108 Å². The molecule has 3 rings (SSSR count). The van der Waals surface area contributed by atoms with Crippen molar-refractivity contribution in [1.29, 1.82) is 0 Å². The SMILES string of the molecule is ClCCc1ncc(-c2cc3ccccc3s2)o1. The molecule has 3 aromatic rings. The van der Waals surface area contributed by atoms with Gasteiger partial charge in [0.15, 0.2) is 11.7 Å². The number of aryl methyl sites for hydroxylation is 1. The molecule has 4 heteroatoms. The van der Waals surface area contributed by atoms with Gasteiger partial charge in [0.1, 0.15) is 0 Å². The lowest BCUT2D eigenvalue weighted by molar-refractivity contribution is 0.516. The molecule has 0 N–H and O–H groups in total. The van der Waals surface area contributed by atoms with E-state index in [1.54, 1.807) is 17.5 Å². The Hall–Kier alpha value is -1.32. The van der Waals surface area contributed by atoms with Crippen molar-refractivity contribution in [3.05, 3.63) is 42.4 Å². The van der Waals surface area contributed by atoms with Gasteiger partial charge in [0.25, 0.3) is 0 Å². The van der Waals surface area contributed by atoms with Gasteiger partial charge in [0.2, 0.25) is 0 Å². The number of hydrogen-bond donors (Lipinski definition) is 0. The quantitative estimate of drug-likeness (QED) is 0.657. The smallest absolute Gasteiger partial charge is 0.196 e. The van der Waals surface area contributed by atoms with E-state index in [0.717, 1.165) is 10.6 Å². The van der Waals surface area contributed by atoms with Crippen LogP contribution in [0.2, 0.25) is 0 Å². The lowest BCUT2D eigenvalue weighted by Gasteiger charge is -1.88. The number of oxazole rings is 1. The van der Waals surface area contributed by atoms with Gasteiger partial charge in [-0.05, 0) is 17.5 Å². The highest BCUT2D eigenvalue weighted by atomic mass is 35.5. The molecule has 17 heavy (non-hydrogen) atoms. The molecule has 0 bridgehead atoms. The molecule has 86 valence electrons. The minimum absolute atomic E-state index is 0.534. The molecular formula is C13H10ClNOS. The molecular weight excluding hydrogens is 254 g/mol. The van der Waals surface area contributed by atoms with Crippen LogP contribution in [0.15, 0.2) is 40.9 Å². The number of thiophene rings is 1. The van der Waals surface area contributed by atoms with Gasteiger partial charge in [-0.3, -0.25) is 0 Å². The minimum Gasteiger partial charge on any atom is -0.440 e. The Kier molecular flexibility index (Phi) is 2.87. The summed E-state index contributed by atoms with van der Waals surface area (Å²) in [6.45, 7) is 0. The molecule has 1 aromatic carbocycles. The van der Waals surface area contributed by atoms with Crippen LogP contribution in [0, 0.1) is 0 Å². The predicted molar refractivity (Wildman–Crippen MR) is 71.7 cm³/mol. The third-order valence-corrected chi connectivity index (χ3v) is 3.85. The Bertz CT molecular complexity index is 610. The first-order valence-electron chi connectivity index (χ1n) is 5.36. The zero-order valence-corrected chi connectivity index (χ0v) is 10.6. The summed E-state index contributed by atoms with van der Waals surface area (Å²) < 4.78 is 6.92. The lowest BCUT2D eigenvalue weighted by atomic mass is 10.2. The Morgan fingerprint density at radius 1 is 1.29 bits per heavy atom. The maximum absolute atomic E-state index is 5.66. The molecule has 2 heterocycles. The highest BCUT2D eigenvalue weighted by Crippen LogP contribution is 2.33. The van der Waals surface area contributed by atoms with E-state index in [9.17, 15) is 0 Å². The Morgan fingerprint density at radius 2 is 2.18 bits per heavy atom. The van der Waals surface area contributed by atoms with E-state index in [1.807, 2.05) is 12.1 Å². The van der Waals surface area contributed by atoms with E-state index >= 15 is 0 Å². The van der Waals surface area contributed by atoms with Crippen LogP contribution in [-0.2, 0) is 6.42 Å². The topological polar surface area (TPSA) is 26.0 Å². The fourth-order valence-corrected chi connectivity index (χ4v) is 2.89. The molecule has 0 spiro atoms. The number of alkyl halides is 1. The van der Waals surface area contributed by atoms with Gasteiger partial charge in [-0.2, -0.15) is 0 Å². The number of hydrogen-bond acceptors (Lipinski definition) is 3. The fourth-order valence-electron chi connectivity index (χ4n) is 1.72. The van der Waals surface area contributed by atoms with Crippen LogP contribution in [-0.4, -0.2) is 10.9 Å². The summed E-state index contributed by atoms with van der Waals surface area (Å²) in [5, 5.41) is 1.24. The number of fused-ring (bicyclic) bond motifs is 1. The minimum atomic E-state index is 0.534. The van der Waals surface area contributed by atoms with Crippen LogP contribution in [0.5, 0.6) is 0 Å². The van der Waals surface area contributed by atoms with Crippen molar-refractivity contribution in [2.75, 3.05) is 5.88 Å². The van der Waals surface area contributed by atoms with Gasteiger partial charge in [-0.1, -0.05) is 18.2 Å². The number of halogens is 1. The first-order chi connectivity index (χ1) is 8.36. The van der Waals surface area contributed by atoms with Gasteiger partial charge >= 0.3 is 0 Å². The molecule has 2 nitrogen and oxygen atoms in total. The molecule has 0 amide bonds. The third-order valence-electron chi connectivity index (χ3n) is 2.53. The average molecular weight is 264 g/mol. The highest BCUT2D eigenvalue weighted by molar-refractivity contribution is 7.22. The molecule has 0 aliphatic rings. The molecule has 0 radical (unpaired) electrons. The van der Waals surface area contributed by atoms with E-state index in [1.165, 1.54) is 10.1 Å². The average Bonchev–Trinajstić information content (AvgIpc) is 2.94. The largest absolute Gasteiger partial charge is 0.440 e. The van der Waals surface area contributed by atoms with E-state index in [0.29, 0.717) is 18.2 Å². The van der Waals surface area contributed by atoms with Crippen LogP contribution in [0.3, 0.4) is 0 Å². The van der Waals surface area contributed by atoms with Gasteiger partial charge < -0.3 is 4.42 Å². The molecule has 0 fully saturated rings. The molecule has 2 aromatic heterocycles. The highest BCUT2D eigenvalue weighted by Gasteiger charge is 2.09. The van der Waals surface area contributed by atoms with Crippen molar-refractivity contribution in [3.8, 4) is 10.6 Å². The number of benzene rings is 1.